The van der Waals surface area contributed by atoms with Crippen molar-refractivity contribution in [3.8, 4) is 11.5 Å². The first-order chi connectivity index (χ1) is 9.07. The molecule has 1 aromatic carbocycles. The molecule has 106 valence electrons. The Labute approximate surface area is 116 Å². The molecule has 1 aromatic rings. The van der Waals surface area contributed by atoms with Crippen LogP contribution in [0.25, 0.3) is 0 Å². The molecular formula is C12H17ClN2O4. The summed E-state index contributed by atoms with van der Waals surface area (Å²) in [6.45, 7) is 0.0828. The maximum absolute atomic E-state index is 11.5. The molecule has 0 bridgehead atoms. The number of hydrogen-bond donors (Lipinski definition) is 2. The summed E-state index contributed by atoms with van der Waals surface area (Å²) in [6.07, 6.45) is 0. The number of anilines is 1. The summed E-state index contributed by atoms with van der Waals surface area (Å²) in [6, 6.07) is 2.55. The summed E-state index contributed by atoms with van der Waals surface area (Å²) in [5.41, 5.74) is 6.06. The fraction of sp³-hybridized carbons (Fsp3) is 0.417. The third kappa shape index (κ3) is 3.65. The third-order valence-corrected chi connectivity index (χ3v) is 2.82. The van der Waals surface area contributed by atoms with Gasteiger partial charge in [-0.05, 0) is 6.07 Å². The van der Waals surface area contributed by atoms with Crippen LogP contribution in [0, 0.1) is 0 Å². The van der Waals surface area contributed by atoms with E-state index in [0.717, 1.165) is 0 Å². The zero-order valence-electron chi connectivity index (χ0n) is 11.0. The standard InChI is InChI=1S/C12H17ClN2O4/c1-17-10-5-11(18-2)8(4-7(10)13)15-9(6-14)12(16)19-3/h4-5,9,15H,6,14H2,1-3H3. The number of ether oxygens (including phenoxy) is 3. The van der Waals surface area contributed by atoms with Crippen molar-refractivity contribution in [3.05, 3.63) is 17.2 Å². The number of methoxy groups -OCH3 is 3. The number of esters is 1. The molecule has 0 aromatic heterocycles. The monoisotopic (exact) mass is 288 g/mol. The number of nitrogens with two attached hydrogens (primary N) is 1. The Morgan fingerprint density at radius 3 is 2.42 bits per heavy atom. The van der Waals surface area contributed by atoms with Gasteiger partial charge in [0, 0.05) is 12.6 Å². The van der Waals surface area contributed by atoms with Crippen molar-refractivity contribution < 1.29 is 19.0 Å². The van der Waals surface area contributed by atoms with Crippen LogP contribution >= 0.6 is 11.6 Å². The number of halogens is 1. The van der Waals surface area contributed by atoms with Gasteiger partial charge in [-0.15, -0.1) is 0 Å². The summed E-state index contributed by atoms with van der Waals surface area (Å²) in [5.74, 6) is 0.506. The van der Waals surface area contributed by atoms with E-state index in [-0.39, 0.29) is 6.54 Å². The Hall–Kier alpha value is -1.66. The lowest BCUT2D eigenvalue weighted by atomic mass is 10.2. The third-order valence-electron chi connectivity index (χ3n) is 2.53. The van der Waals surface area contributed by atoms with E-state index in [9.17, 15) is 4.79 Å². The van der Waals surface area contributed by atoms with E-state index in [1.54, 1.807) is 12.1 Å². The average molecular weight is 289 g/mol. The Balaban J connectivity index is 3.05. The number of benzene rings is 1. The summed E-state index contributed by atoms with van der Waals surface area (Å²) in [5, 5.41) is 3.32. The van der Waals surface area contributed by atoms with Crippen molar-refractivity contribution in [2.24, 2.45) is 5.73 Å². The normalized spacial score (nSPS) is 11.6. The van der Waals surface area contributed by atoms with Gasteiger partial charge in [-0.25, -0.2) is 4.79 Å². The average Bonchev–Trinajstić information content (AvgIpc) is 2.44. The molecule has 0 aliphatic rings. The van der Waals surface area contributed by atoms with Crippen LogP contribution in [0.3, 0.4) is 0 Å². The predicted molar refractivity (Wildman–Crippen MR) is 73.0 cm³/mol. The molecule has 0 aliphatic carbocycles. The van der Waals surface area contributed by atoms with Crippen LogP contribution in [0.15, 0.2) is 12.1 Å². The molecule has 0 heterocycles. The van der Waals surface area contributed by atoms with Crippen molar-refractivity contribution in [2.75, 3.05) is 33.2 Å². The van der Waals surface area contributed by atoms with Crippen LogP contribution in [-0.4, -0.2) is 39.9 Å². The molecule has 0 saturated heterocycles. The van der Waals surface area contributed by atoms with Crippen molar-refractivity contribution in [1.82, 2.24) is 0 Å². The zero-order valence-corrected chi connectivity index (χ0v) is 11.8. The molecule has 0 fully saturated rings. The van der Waals surface area contributed by atoms with Gasteiger partial charge < -0.3 is 25.3 Å². The second-order valence-corrected chi connectivity index (χ2v) is 4.05. The molecule has 0 spiro atoms. The number of nitrogens with one attached hydrogen (secondary N) is 1. The summed E-state index contributed by atoms with van der Waals surface area (Å²) < 4.78 is 14.9. The van der Waals surface area contributed by atoms with E-state index < -0.39 is 12.0 Å². The molecule has 19 heavy (non-hydrogen) atoms. The number of rotatable bonds is 6. The molecule has 1 atom stereocenters. The van der Waals surface area contributed by atoms with Gasteiger partial charge in [0.1, 0.15) is 17.5 Å². The molecule has 0 radical (unpaired) electrons. The Morgan fingerprint density at radius 1 is 1.32 bits per heavy atom. The second-order valence-electron chi connectivity index (χ2n) is 3.64. The van der Waals surface area contributed by atoms with Crippen molar-refractivity contribution in [2.45, 2.75) is 6.04 Å². The fourth-order valence-electron chi connectivity index (χ4n) is 1.52. The maximum Gasteiger partial charge on any atom is 0.329 e. The molecule has 3 N–H and O–H groups in total. The zero-order chi connectivity index (χ0) is 14.4. The van der Waals surface area contributed by atoms with E-state index in [1.807, 2.05) is 0 Å². The Bertz CT molecular complexity index is 454. The van der Waals surface area contributed by atoms with Gasteiger partial charge in [-0.2, -0.15) is 0 Å². The smallest absolute Gasteiger partial charge is 0.329 e. The lowest BCUT2D eigenvalue weighted by Gasteiger charge is -2.18. The van der Waals surface area contributed by atoms with Gasteiger partial charge in [0.15, 0.2) is 0 Å². The number of carbonyl (C=O) groups excluding carboxylic acids is 1. The minimum absolute atomic E-state index is 0.0828. The Morgan fingerprint density at radius 2 is 1.95 bits per heavy atom. The number of carbonyl (C=O) groups is 1. The highest BCUT2D eigenvalue weighted by Crippen LogP contribution is 2.36. The van der Waals surface area contributed by atoms with Crippen molar-refractivity contribution in [3.63, 3.8) is 0 Å². The summed E-state index contributed by atoms with van der Waals surface area (Å²) >= 11 is 6.03. The highest BCUT2D eigenvalue weighted by atomic mass is 35.5. The molecule has 7 heteroatoms. The van der Waals surface area contributed by atoms with Gasteiger partial charge in [0.25, 0.3) is 0 Å². The van der Waals surface area contributed by atoms with Crippen LogP contribution in [0.2, 0.25) is 5.02 Å². The molecule has 1 unspecified atom stereocenters. The van der Waals surface area contributed by atoms with Crippen LogP contribution in [-0.2, 0) is 9.53 Å². The van der Waals surface area contributed by atoms with Crippen molar-refractivity contribution in [1.29, 1.82) is 0 Å². The van der Waals surface area contributed by atoms with Crippen LogP contribution in [0.5, 0.6) is 11.5 Å². The lowest BCUT2D eigenvalue weighted by molar-refractivity contribution is -0.141. The van der Waals surface area contributed by atoms with Crippen LogP contribution < -0.4 is 20.5 Å². The SMILES string of the molecule is COC(=O)C(CN)Nc1cc(Cl)c(OC)cc1OC. The first-order valence-electron chi connectivity index (χ1n) is 5.53. The lowest BCUT2D eigenvalue weighted by Crippen LogP contribution is -2.37. The fourth-order valence-corrected chi connectivity index (χ4v) is 1.76. The van der Waals surface area contributed by atoms with Crippen LogP contribution in [0.1, 0.15) is 0 Å². The molecule has 0 amide bonds. The Kier molecular flexibility index (Phi) is 5.72. The van der Waals surface area contributed by atoms with Crippen molar-refractivity contribution >= 4 is 23.3 Å². The van der Waals surface area contributed by atoms with Crippen LogP contribution in [0.4, 0.5) is 5.69 Å². The van der Waals surface area contributed by atoms with E-state index in [0.29, 0.717) is 22.2 Å². The molecule has 6 nitrogen and oxygen atoms in total. The van der Waals surface area contributed by atoms with E-state index in [1.165, 1.54) is 21.3 Å². The minimum Gasteiger partial charge on any atom is -0.495 e. The molecular weight excluding hydrogens is 272 g/mol. The quantitative estimate of drug-likeness (QED) is 0.767. The number of hydrogen-bond acceptors (Lipinski definition) is 6. The van der Waals surface area contributed by atoms with Gasteiger partial charge in [0.05, 0.1) is 32.0 Å². The summed E-state index contributed by atoms with van der Waals surface area (Å²) in [7, 11) is 4.30. The molecule has 0 aliphatic heterocycles. The molecule has 1 rings (SSSR count). The highest BCUT2D eigenvalue weighted by molar-refractivity contribution is 6.32. The van der Waals surface area contributed by atoms with Gasteiger partial charge >= 0.3 is 5.97 Å². The van der Waals surface area contributed by atoms with Gasteiger partial charge in [-0.3, -0.25) is 0 Å². The van der Waals surface area contributed by atoms with Gasteiger partial charge in [-0.1, -0.05) is 11.6 Å². The minimum atomic E-state index is -0.677. The highest BCUT2D eigenvalue weighted by Gasteiger charge is 2.19. The first-order valence-corrected chi connectivity index (χ1v) is 5.91. The van der Waals surface area contributed by atoms with E-state index >= 15 is 0 Å². The molecule has 0 saturated carbocycles. The van der Waals surface area contributed by atoms with E-state index in [2.05, 4.69) is 10.1 Å². The maximum atomic E-state index is 11.5. The van der Waals surface area contributed by atoms with E-state index in [4.69, 9.17) is 26.8 Å². The van der Waals surface area contributed by atoms with Gasteiger partial charge in [0.2, 0.25) is 0 Å². The predicted octanol–water partition coefficient (Wildman–Crippen LogP) is 1.27. The first kappa shape index (κ1) is 15.4. The summed E-state index contributed by atoms with van der Waals surface area (Å²) in [4.78, 5) is 11.5. The topological polar surface area (TPSA) is 82.8 Å². The largest absolute Gasteiger partial charge is 0.495 e. The second kappa shape index (κ2) is 7.06.